The summed E-state index contributed by atoms with van der Waals surface area (Å²) < 4.78 is 27.8. The van der Waals surface area contributed by atoms with Gasteiger partial charge in [-0.25, -0.2) is 4.39 Å². The number of fused-ring (bicyclic) bond motifs is 1. The Morgan fingerprint density at radius 1 is 1.14 bits per heavy atom. The molecule has 1 aliphatic heterocycles. The van der Waals surface area contributed by atoms with Gasteiger partial charge in [0, 0.05) is 18.2 Å². The van der Waals surface area contributed by atoms with Gasteiger partial charge in [0.25, 0.3) is 0 Å². The average Bonchev–Trinajstić information content (AvgIpc) is 3.51. The predicted molar refractivity (Wildman–Crippen MR) is 110 cm³/mol. The lowest BCUT2D eigenvalue weighted by atomic mass is 10.2. The van der Waals surface area contributed by atoms with Gasteiger partial charge in [-0.05, 0) is 42.7 Å². The van der Waals surface area contributed by atoms with Crippen LogP contribution in [0.5, 0.6) is 11.5 Å². The van der Waals surface area contributed by atoms with E-state index < -0.39 is 0 Å². The summed E-state index contributed by atoms with van der Waals surface area (Å²) >= 11 is 7.97. The summed E-state index contributed by atoms with van der Waals surface area (Å²) in [5, 5.41) is 10.00. The predicted octanol–water partition coefficient (Wildman–Crippen LogP) is 5.53. The molecule has 150 valence electrons. The molecule has 3 aromatic rings. The Balaban J connectivity index is 1.41. The van der Waals surface area contributed by atoms with Crippen molar-refractivity contribution in [3.05, 3.63) is 52.8 Å². The van der Waals surface area contributed by atoms with Gasteiger partial charge in [0.05, 0.1) is 23.8 Å². The lowest BCUT2D eigenvalue weighted by molar-refractivity contribution is 0.297. The van der Waals surface area contributed by atoms with Crippen molar-refractivity contribution in [2.24, 2.45) is 0 Å². The minimum absolute atomic E-state index is 0.284. The third kappa shape index (κ3) is 3.81. The van der Waals surface area contributed by atoms with Gasteiger partial charge in [0.15, 0.2) is 22.5 Å². The van der Waals surface area contributed by atoms with E-state index in [4.69, 9.17) is 21.1 Å². The van der Waals surface area contributed by atoms with Crippen molar-refractivity contribution in [2.75, 3.05) is 13.2 Å². The highest BCUT2D eigenvalue weighted by Crippen LogP contribution is 2.43. The molecule has 1 fully saturated rings. The number of halogens is 2. The second kappa shape index (κ2) is 7.88. The summed E-state index contributed by atoms with van der Waals surface area (Å²) in [7, 11) is 0. The highest BCUT2D eigenvalue weighted by molar-refractivity contribution is 7.98. The second-order valence-electron chi connectivity index (χ2n) is 7.13. The quantitative estimate of drug-likeness (QED) is 0.497. The number of nitrogens with zero attached hydrogens (tertiary/aromatic N) is 3. The molecule has 0 amide bonds. The van der Waals surface area contributed by atoms with E-state index in [0.717, 1.165) is 30.0 Å². The van der Waals surface area contributed by atoms with E-state index in [0.29, 0.717) is 52.9 Å². The number of rotatable bonds is 5. The Morgan fingerprint density at radius 2 is 1.97 bits per heavy atom. The minimum atomic E-state index is -0.284. The van der Waals surface area contributed by atoms with Crippen LogP contribution in [0.2, 0.25) is 5.02 Å². The average molecular weight is 432 g/mol. The summed E-state index contributed by atoms with van der Waals surface area (Å²) in [4.78, 5) is 0. The molecule has 8 heteroatoms. The van der Waals surface area contributed by atoms with Crippen LogP contribution in [-0.4, -0.2) is 28.0 Å². The Bertz CT molecular complexity index is 1050. The number of hydrogen-bond donors (Lipinski definition) is 0. The minimum Gasteiger partial charge on any atom is -0.489 e. The molecule has 29 heavy (non-hydrogen) atoms. The van der Waals surface area contributed by atoms with Gasteiger partial charge in [-0.3, -0.25) is 4.57 Å². The number of aromatic nitrogens is 3. The first-order valence-electron chi connectivity index (χ1n) is 9.61. The van der Waals surface area contributed by atoms with Crippen LogP contribution >= 0.6 is 23.4 Å². The molecule has 0 radical (unpaired) electrons. The Labute approximate surface area is 177 Å². The van der Waals surface area contributed by atoms with Gasteiger partial charge in [0.1, 0.15) is 5.82 Å². The molecular formula is C21H19ClFN3O2S. The van der Waals surface area contributed by atoms with Crippen molar-refractivity contribution in [1.29, 1.82) is 0 Å². The monoisotopic (exact) mass is 431 g/mol. The molecule has 2 heterocycles. The first kappa shape index (κ1) is 18.8. The molecule has 5 rings (SSSR count). The van der Waals surface area contributed by atoms with Crippen LogP contribution < -0.4 is 9.47 Å². The maximum absolute atomic E-state index is 14.3. The SMILES string of the molecule is Fc1ccccc1-c1nnc(SCc2cc(Cl)c3c(c2)OCCCO3)n1C1CC1. The summed E-state index contributed by atoms with van der Waals surface area (Å²) in [5.41, 5.74) is 1.50. The van der Waals surface area contributed by atoms with Crippen molar-refractivity contribution >= 4 is 23.4 Å². The van der Waals surface area contributed by atoms with Crippen molar-refractivity contribution in [2.45, 2.75) is 36.2 Å². The van der Waals surface area contributed by atoms with Crippen LogP contribution in [-0.2, 0) is 5.75 Å². The molecular weight excluding hydrogens is 413 g/mol. The van der Waals surface area contributed by atoms with E-state index in [1.54, 1.807) is 23.9 Å². The molecule has 5 nitrogen and oxygen atoms in total. The Hall–Kier alpha value is -2.25. The van der Waals surface area contributed by atoms with Gasteiger partial charge in [-0.2, -0.15) is 0 Å². The molecule has 0 saturated heterocycles. The van der Waals surface area contributed by atoms with Gasteiger partial charge in [0.2, 0.25) is 0 Å². The van der Waals surface area contributed by atoms with E-state index >= 15 is 0 Å². The highest BCUT2D eigenvalue weighted by atomic mass is 35.5. The number of benzene rings is 2. The zero-order chi connectivity index (χ0) is 19.8. The standard InChI is InChI=1S/C21H19ClFN3O2S/c22-16-10-13(11-18-19(16)28-9-3-8-27-18)12-29-21-25-24-20(26(21)14-6-7-14)15-4-1-2-5-17(15)23/h1-2,4-5,10-11,14H,3,6-9,12H2. The van der Waals surface area contributed by atoms with Crippen LogP contribution in [0, 0.1) is 5.82 Å². The maximum atomic E-state index is 14.3. The maximum Gasteiger partial charge on any atom is 0.192 e. The van der Waals surface area contributed by atoms with E-state index in [9.17, 15) is 4.39 Å². The molecule has 0 spiro atoms. The van der Waals surface area contributed by atoms with Gasteiger partial charge in [-0.1, -0.05) is 35.5 Å². The molecule has 1 saturated carbocycles. The van der Waals surface area contributed by atoms with E-state index in [1.807, 2.05) is 18.2 Å². The Morgan fingerprint density at radius 3 is 2.79 bits per heavy atom. The van der Waals surface area contributed by atoms with Crippen LogP contribution in [0.25, 0.3) is 11.4 Å². The fourth-order valence-electron chi connectivity index (χ4n) is 3.38. The molecule has 2 aliphatic rings. The molecule has 2 aromatic carbocycles. The largest absolute Gasteiger partial charge is 0.489 e. The fourth-order valence-corrected chi connectivity index (χ4v) is 4.60. The molecule has 0 bridgehead atoms. The zero-order valence-corrected chi connectivity index (χ0v) is 17.2. The number of ether oxygens (including phenoxy) is 2. The fraction of sp³-hybridized carbons (Fsp3) is 0.333. The molecule has 1 aromatic heterocycles. The molecule has 0 unspecified atom stereocenters. The first-order chi connectivity index (χ1) is 14.2. The lowest BCUT2D eigenvalue weighted by Gasteiger charge is -2.12. The summed E-state index contributed by atoms with van der Waals surface area (Å²) in [6, 6.07) is 10.9. The zero-order valence-electron chi connectivity index (χ0n) is 15.6. The van der Waals surface area contributed by atoms with Gasteiger partial charge >= 0.3 is 0 Å². The summed E-state index contributed by atoms with van der Waals surface area (Å²) in [6.45, 7) is 1.21. The van der Waals surface area contributed by atoms with Crippen LogP contribution in [0.15, 0.2) is 41.6 Å². The van der Waals surface area contributed by atoms with Crippen LogP contribution in [0.1, 0.15) is 30.9 Å². The van der Waals surface area contributed by atoms with E-state index in [1.165, 1.54) is 6.07 Å². The number of hydrogen-bond acceptors (Lipinski definition) is 5. The molecule has 1 aliphatic carbocycles. The van der Waals surface area contributed by atoms with Crippen molar-refractivity contribution in [3.8, 4) is 22.9 Å². The van der Waals surface area contributed by atoms with Gasteiger partial charge < -0.3 is 9.47 Å². The number of thioether (sulfide) groups is 1. The normalized spacial score (nSPS) is 15.9. The van der Waals surface area contributed by atoms with E-state index in [2.05, 4.69) is 14.8 Å². The second-order valence-corrected chi connectivity index (χ2v) is 8.48. The van der Waals surface area contributed by atoms with Crippen LogP contribution in [0.3, 0.4) is 0 Å². The third-order valence-corrected chi connectivity index (χ3v) is 6.22. The molecule has 0 N–H and O–H groups in total. The summed E-state index contributed by atoms with van der Waals surface area (Å²) in [5.74, 6) is 2.25. The van der Waals surface area contributed by atoms with Crippen LogP contribution in [0.4, 0.5) is 4.39 Å². The smallest absolute Gasteiger partial charge is 0.192 e. The first-order valence-corrected chi connectivity index (χ1v) is 11.0. The van der Waals surface area contributed by atoms with Crippen molar-refractivity contribution < 1.29 is 13.9 Å². The molecule has 0 atom stereocenters. The van der Waals surface area contributed by atoms with Gasteiger partial charge in [-0.15, -0.1) is 10.2 Å². The highest BCUT2D eigenvalue weighted by Gasteiger charge is 2.31. The Kier molecular flexibility index (Phi) is 5.09. The third-order valence-electron chi connectivity index (χ3n) is 4.92. The topological polar surface area (TPSA) is 49.2 Å². The van der Waals surface area contributed by atoms with Crippen molar-refractivity contribution in [1.82, 2.24) is 14.8 Å². The summed E-state index contributed by atoms with van der Waals surface area (Å²) in [6.07, 6.45) is 2.95. The van der Waals surface area contributed by atoms with Crippen molar-refractivity contribution in [3.63, 3.8) is 0 Å². The van der Waals surface area contributed by atoms with E-state index in [-0.39, 0.29) is 5.82 Å². The lowest BCUT2D eigenvalue weighted by Crippen LogP contribution is -2.01.